The van der Waals surface area contributed by atoms with Gasteiger partial charge in [0, 0.05) is 22.8 Å². The van der Waals surface area contributed by atoms with Crippen LogP contribution in [0.4, 0.5) is 10.1 Å². The van der Waals surface area contributed by atoms with Crippen LogP contribution in [-0.4, -0.2) is 21.0 Å². The largest absolute Gasteiger partial charge is 0.478 e. The molecule has 0 aliphatic rings. The predicted molar refractivity (Wildman–Crippen MR) is 72.0 cm³/mol. The van der Waals surface area contributed by atoms with Crippen molar-refractivity contribution in [3.63, 3.8) is 0 Å². The van der Waals surface area contributed by atoms with Crippen molar-refractivity contribution in [1.29, 1.82) is 0 Å². The van der Waals surface area contributed by atoms with Crippen LogP contribution in [-0.2, 0) is 0 Å². The molecule has 21 heavy (non-hydrogen) atoms. The first-order chi connectivity index (χ1) is 9.88. The Bertz CT molecular complexity index is 738. The Balaban J connectivity index is 2.50. The number of pyridine rings is 1. The van der Waals surface area contributed by atoms with Gasteiger partial charge in [0.25, 0.3) is 0 Å². The minimum absolute atomic E-state index is 0.134. The van der Waals surface area contributed by atoms with E-state index in [4.69, 9.17) is 9.84 Å². The molecule has 1 aromatic heterocycles. The summed E-state index contributed by atoms with van der Waals surface area (Å²) in [6.45, 7) is 0. The number of hydrogen-bond acceptors (Lipinski definition) is 5. The molecule has 0 fully saturated rings. The zero-order valence-electron chi connectivity index (χ0n) is 10.1. The van der Waals surface area contributed by atoms with E-state index in [0.717, 1.165) is 0 Å². The third-order valence-electron chi connectivity index (χ3n) is 2.38. The molecular formula is C12H6BrFN2O5. The minimum atomic E-state index is -1.61. The molecule has 0 saturated carbocycles. The number of nitrogens with zero attached hydrogens (tertiary/aromatic N) is 2. The zero-order chi connectivity index (χ0) is 15.6. The molecule has 108 valence electrons. The number of nitro groups is 1. The van der Waals surface area contributed by atoms with Crippen molar-refractivity contribution in [2.45, 2.75) is 0 Å². The molecule has 9 heteroatoms. The minimum Gasteiger partial charge on any atom is -0.478 e. The second-order valence-corrected chi connectivity index (χ2v) is 4.72. The molecule has 0 spiro atoms. The second-order valence-electron chi connectivity index (χ2n) is 3.80. The van der Waals surface area contributed by atoms with Crippen molar-refractivity contribution in [1.82, 2.24) is 4.98 Å². The van der Waals surface area contributed by atoms with Gasteiger partial charge in [-0.3, -0.25) is 15.1 Å². The Morgan fingerprint density at radius 2 is 2.10 bits per heavy atom. The van der Waals surface area contributed by atoms with Gasteiger partial charge in [0.2, 0.25) is 5.75 Å². The van der Waals surface area contributed by atoms with Crippen LogP contribution in [0.15, 0.2) is 35.1 Å². The third-order valence-corrected chi connectivity index (χ3v) is 2.82. The maximum absolute atomic E-state index is 13.6. The summed E-state index contributed by atoms with van der Waals surface area (Å²) in [5.74, 6) is -3.02. The van der Waals surface area contributed by atoms with E-state index >= 15 is 0 Å². The van der Waals surface area contributed by atoms with Crippen molar-refractivity contribution in [3.8, 4) is 11.5 Å². The highest BCUT2D eigenvalue weighted by molar-refractivity contribution is 9.10. The lowest BCUT2D eigenvalue weighted by Gasteiger charge is -2.07. The average molecular weight is 357 g/mol. The van der Waals surface area contributed by atoms with E-state index in [1.165, 1.54) is 18.5 Å². The van der Waals surface area contributed by atoms with E-state index in [1.807, 2.05) is 0 Å². The Kier molecular flexibility index (Phi) is 4.13. The lowest BCUT2D eigenvalue weighted by Crippen LogP contribution is -2.03. The number of halogens is 2. The molecule has 0 saturated heterocycles. The Morgan fingerprint density at radius 3 is 2.67 bits per heavy atom. The molecule has 0 amide bonds. The van der Waals surface area contributed by atoms with E-state index in [1.54, 1.807) is 0 Å². The molecule has 1 aromatic carbocycles. The van der Waals surface area contributed by atoms with Crippen LogP contribution >= 0.6 is 15.9 Å². The van der Waals surface area contributed by atoms with Gasteiger partial charge in [-0.15, -0.1) is 0 Å². The zero-order valence-corrected chi connectivity index (χ0v) is 11.7. The first kappa shape index (κ1) is 14.9. The van der Waals surface area contributed by atoms with Gasteiger partial charge in [-0.25, -0.2) is 9.18 Å². The van der Waals surface area contributed by atoms with Gasteiger partial charge in [-0.2, -0.15) is 0 Å². The number of carboxylic acid groups (broad SMARTS) is 1. The van der Waals surface area contributed by atoms with Crippen LogP contribution in [0.2, 0.25) is 0 Å². The number of hydrogen-bond donors (Lipinski definition) is 1. The maximum atomic E-state index is 13.6. The number of benzene rings is 1. The van der Waals surface area contributed by atoms with Crippen molar-refractivity contribution in [2.24, 2.45) is 0 Å². The van der Waals surface area contributed by atoms with Crippen molar-refractivity contribution in [2.75, 3.05) is 0 Å². The Hall–Kier alpha value is -2.55. The molecule has 0 radical (unpaired) electrons. The number of carboxylic acids is 1. The van der Waals surface area contributed by atoms with Crippen LogP contribution in [0.25, 0.3) is 0 Å². The Labute approximate surface area is 125 Å². The second kappa shape index (κ2) is 5.83. The molecule has 0 bridgehead atoms. The van der Waals surface area contributed by atoms with Gasteiger partial charge in [0.15, 0.2) is 0 Å². The number of rotatable bonds is 4. The third kappa shape index (κ3) is 3.31. The standard InChI is InChI=1S/C12H6BrFN2O5/c13-6-1-7(5-15-4-6)21-11-3-9(14)8(12(17)18)2-10(11)16(19)20/h1-5H,(H,17,18). The highest BCUT2D eigenvalue weighted by atomic mass is 79.9. The molecule has 0 atom stereocenters. The summed E-state index contributed by atoms with van der Waals surface area (Å²) in [7, 11) is 0. The van der Waals surface area contributed by atoms with Crippen LogP contribution in [0.1, 0.15) is 10.4 Å². The van der Waals surface area contributed by atoms with Crippen molar-refractivity contribution in [3.05, 3.63) is 56.6 Å². The van der Waals surface area contributed by atoms with Gasteiger partial charge in [-0.05, 0) is 22.0 Å². The number of ether oxygens (including phenoxy) is 1. The summed E-state index contributed by atoms with van der Waals surface area (Å²) in [6, 6.07) is 2.74. The molecule has 1 heterocycles. The fourth-order valence-electron chi connectivity index (χ4n) is 1.51. The van der Waals surface area contributed by atoms with E-state index in [9.17, 15) is 19.3 Å². The molecule has 7 nitrogen and oxygen atoms in total. The van der Waals surface area contributed by atoms with Crippen molar-refractivity contribution >= 4 is 27.6 Å². The number of aromatic nitrogens is 1. The molecule has 1 N–H and O–H groups in total. The van der Waals surface area contributed by atoms with Gasteiger partial charge in [0.05, 0.1) is 11.1 Å². The smallest absolute Gasteiger partial charge is 0.338 e. The monoisotopic (exact) mass is 356 g/mol. The fraction of sp³-hybridized carbons (Fsp3) is 0. The summed E-state index contributed by atoms with van der Waals surface area (Å²) >= 11 is 3.14. The summed E-state index contributed by atoms with van der Waals surface area (Å²) in [6.07, 6.45) is 2.74. The van der Waals surface area contributed by atoms with Crippen molar-refractivity contribution < 1.29 is 24.0 Å². The first-order valence-corrected chi connectivity index (χ1v) is 6.17. The number of aromatic carboxylic acids is 1. The maximum Gasteiger partial charge on any atom is 0.338 e. The summed E-state index contributed by atoms with van der Waals surface area (Å²) in [5, 5.41) is 19.7. The van der Waals surface area contributed by atoms with Gasteiger partial charge in [0.1, 0.15) is 17.1 Å². The topological polar surface area (TPSA) is 103 Å². The van der Waals surface area contributed by atoms with E-state index in [0.29, 0.717) is 16.6 Å². The fourth-order valence-corrected chi connectivity index (χ4v) is 1.85. The molecule has 2 rings (SSSR count). The van der Waals surface area contributed by atoms with E-state index in [2.05, 4.69) is 20.9 Å². The molecule has 0 aliphatic carbocycles. The highest BCUT2D eigenvalue weighted by Crippen LogP contribution is 2.34. The van der Waals surface area contributed by atoms with Crippen LogP contribution < -0.4 is 4.74 Å². The molecule has 0 aliphatic heterocycles. The molecule has 2 aromatic rings. The number of carbonyl (C=O) groups is 1. The van der Waals surface area contributed by atoms with Gasteiger partial charge in [-0.1, -0.05) is 0 Å². The SMILES string of the molecule is O=C(O)c1cc([N+](=O)[O-])c(Oc2cncc(Br)c2)cc1F. The summed E-state index contributed by atoms with van der Waals surface area (Å²) in [4.78, 5) is 24.7. The summed E-state index contributed by atoms with van der Waals surface area (Å²) in [5.41, 5.74) is -1.46. The molecule has 0 unspecified atom stereocenters. The van der Waals surface area contributed by atoms with Gasteiger partial charge >= 0.3 is 11.7 Å². The van der Waals surface area contributed by atoms with Gasteiger partial charge < -0.3 is 9.84 Å². The highest BCUT2D eigenvalue weighted by Gasteiger charge is 2.23. The van der Waals surface area contributed by atoms with Crippen LogP contribution in [0.5, 0.6) is 11.5 Å². The average Bonchev–Trinajstić information content (AvgIpc) is 2.37. The predicted octanol–water partition coefficient (Wildman–Crippen LogP) is 3.38. The first-order valence-electron chi connectivity index (χ1n) is 5.38. The summed E-state index contributed by atoms with van der Waals surface area (Å²) < 4.78 is 19.4. The number of nitro benzene ring substituents is 1. The normalized spacial score (nSPS) is 10.2. The van der Waals surface area contributed by atoms with Crippen LogP contribution in [0.3, 0.4) is 0 Å². The lowest BCUT2D eigenvalue weighted by molar-refractivity contribution is -0.385. The quantitative estimate of drug-likeness (QED) is 0.665. The Morgan fingerprint density at radius 1 is 1.38 bits per heavy atom. The lowest BCUT2D eigenvalue weighted by atomic mass is 10.1. The van der Waals surface area contributed by atoms with E-state index in [-0.39, 0.29) is 5.75 Å². The van der Waals surface area contributed by atoms with Crippen LogP contribution in [0, 0.1) is 15.9 Å². The van der Waals surface area contributed by atoms with E-state index < -0.39 is 33.7 Å². The molecular weight excluding hydrogens is 351 g/mol.